The highest BCUT2D eigenvalue weighted by Gasteiger charge is 2.18. The van der Waals surface area contributed by atoms with Gasteiger partial charge < -0.3 is 0 Å². The molecule has 3 heteroatoms. The SMILES string of the molecule is N#CCCc1nccc(C2CCCC2)n1. The van der Waals surface area contributed by atoms with E-state index in [-0.39, 0.29) is 0 Å². The molecule has 78 valence electrons. The van der Waals surface area contributed by atoms with E-state index in [4.69, 9.17) is 5.26 Å². The maximum Gasteiger partial charge on any atom is 0.129 e. The van der Waals surface area contributed by atoms with E-state index in [1.807, 2.05) is 12.3 Å². The van der Waals surface area contributed by atoms with Crippen LogP contribution in [0, 0.1) is 11.3 Å². The normalized spacial score (nSPS) is 16.5. The average Bonchev–Trinajstić information content (AvgIpc) is 2.80. The molecule has 1 saturated carbocycles. The van der Waals surface area contributed by atoms with Crippen LogP contribution in [-0.4, -0.2) is 9.97 Å². The lowest BCUT2D eigenvalue weighted by Gasteiger charge is -2.08. The molecule has 0 bridgehead atoms. The van der Waals surface area contributed by atoms with Gasteiger partial charge in [0.25, 0.3) is 0 Å². The molecule has 1 aliphatic rings. The molecule has 1 aromatic rings. The van der Waals surface area contributed by atoms with Crippen molar-refractivity contribution in [3.05, 3.63) is 23.8 Å². The van der Waals surface area contributed by atoms with Crippen LogP contribution in [0.1, 0.15) is 49.5 Å². The summed E-state index contributed by atoms with van der Waals surface area (Å²) in [7, 11) is 0. The molecule has 3 nitrogen and oxygen atoms in total. The predicted octanol–water partition coefficient (Wildman–Crippen LogP) is 2.59. The van der Waals surface area contributed by atoms with E-state index in [0.717, 1.165) is 5.82 Å². The first-order chi connectivity index (χ1) is 7.40. The van der Waals surface area contributed by atoms with Crippen molar-refractivity contribution in [3.8, 4) is 6.07 Å². The molecule has 0 aliphatic heterocycles. The summed E-state index contributed by atoms with van der Waals surface area (Å²) >= 11 is 0. The van der Waals surface area contributed by atoms with Gasteiger partial charge in [0.1, 0.15) is 5.82 Å². The maximum atomic E-state index is 8.50. The van der Waals surface area contributed by atoms with E-state index >= 15 is 0 Å². The lowest BCUT2D eigenvalue weighted by molar-refractivity contribution is 0.682. The molecule has 0 atom stereocenters. The third kappa shape index (κ3) is 2.53. The van der Waals surface area contributed by atoms with E-state index in [1.165, 1.54) is 31.4 Å². The van der Waals surface area contributed by atoms with Gasteiger partial charge in [-0.15, -0.1) is 0 Å². The minimum atomic E-state index is 0.508. The van der Waals surface area contributed by atoms with Crippen molar-refractivity contribution in [2.45, 2.75) is 44.4 Å². The number of nitriles is 1. The highest BCUT2D eigenvalue weighted by molar-refractivity contribution is 5.10. The Bertz CT molecular complexity index is 361. The fourth-order valence-corrected chi connectivity index (χ4v) is 2.15. The largest absolute Gasteiger partial charge is 0.241 e. The Kier molecular flexibility index (Phi) is 3.29. The zero-order chi connectivity index (χ0) is 10.5. The average molecular weight is 201 g/mol. The summed E-state index contributed by atoms with van der Waals surface area (Å²) in [5, 5.41) is 8.50. The molecule has 1 aromatic heterocycles. The van der Waals surface area contributed by atoms with Crippen molar-refractivity contribution in [1.29, 1.82) is 5.26 Å². The Morgan fingerprint density at radius 1 is 1.40 bits per heavy atom. The van der Waals surface area contributed by atoms with Gasteiger partial charge in [0.15, 0.2) is 0 Å². The van der Waals surface area contributed by atoms with Crippen LogP contribution in [0.15, 0.2) is 12.3 Å². The highest BCUT2D eigenvalue weighted by Crippen LogP contribution is 2.32. The van der Waals surface area contributed by atoms with Crippen molar-refractivity contribution in [1.82, 2.24) is 9.97 Å². The third-order valence-electron chi connectivity index (χ3n) is 2.96. The lowest BCUT2D eigenvalue weighted by atomic mass is 10.0. The summed E-state index contributed by atoms with van der Waals surface area (Å²) in [6.07, 6.45) is 8.17. The molecule has 0 aromatic carbocycles. The van der Waals surface area contributed by atoms with Crippen molar-refractivity contribution in [2.24, 2.45) is 0 Å². The predicted molar refractivity (Wildman–Crippen MR) is 57.2 cm³/mol. The summed E-state index contributed by atoms with van der Waals surface area (Å²) in [5.74, 6) is 1.45. The van der Waals surface area contributed by atoms with Gasteiger partial charge in [0.05, 0.1) is 6.07 Å². The fraction of sp³-hybridized carbons (Fsp3) is 0.583. The molecular weight excluding hydrogens is 186 g/mol. The molecule has 15 heavy (non-hydrogen) atoms. The molecule has 0 saturated heterocycles. The second-order valence-corrected chi connectivity index (χ2v) is 4.04. The Labute approximate surface area is 90.2 Å². The summed E-state index contributed by atoms with van der Waals surface area (Å²) in [5.41, 5.74) is 1.18. The summed E-state index contributed by atoms with van der Waals surface area (Å²) in [6.45, 7) is 0. The molecule has 0 N–H and O–H groups in total. The quantitative estimate of drug-likeness (QED) is 0.755. The number of rotatable bonds is 3. The topological polar surface area (TPSA) is 49.6 Å². The van der Waals surface area contributed by atoms with Crippen molar-refractivity contribution in [2.75, 3.05) is 0 Å². The smallest absolute Gasteiger partial charge is 0.129 e. The molecule has 1 aliphatic carbocycles. The number of aryl methyl sites for hydroxylation is 1. The Morgan fingerprint density at radius 2 is 2.20 bits per heavy atom. The molecule has 2 rings (SSSR count). The van der Waals surface area contributed by atoms with Gasteiger partial charge in [0.2, 0.25) is 0 Å². The number of hydrogen-bond acceptors (Lipinski definition) is 3. The lowest BCUT2D eigenvalue weighted by Crippen LogP contribution is -2.02. The third-order valence-corrected chi connectivity index (χ3v) is 2.96. The summed E-state index contributed by atoms with van der Waals surface area (Å²) < 4.78 is 0. The first-order valence-electron chi connectivity index (χ1n) is 5.59. The molecule has 0 radical (unpaired) electrons. The van der Waals surface area contributed by atoms with Gasteiger partial charge in [-0.1, -0.05) is 12.8 Å². The number of nitrogens with zero attached hydrogens (tertiary/aromatic N) is 3. The van der Waals surface area contributed by atoms with Gasteiger partial charge in [0, 0.05) is 30.7 Å². The molecule has 1 heterocycles. The minimum Gasteiger partial charge on any atom is -0.241 e. The zero-order valence-electron chi connectivity index (χ0n) is 8.82. The van der Waals surface area contributed by atoms with E-state index in [0.29, 0.717) is 18.8 Å². The van der Waals surface area contributed by atoms with Gasteiger partial charge in [-0.25, -0.2) is 9.97 Å². The maximum absolute atomic E-state index is 8.50. The molecule has 0 unspecified atom stereocenters. The van der Waals surface area contributed by atoms with Gasteiger partial charge in [-0.05, 0) is 18.9 Å². The van der Waals surface area contributed by atoms with E-state index < -0.39 is 0 Å². The summed E-state index contributed by atoms with van der Waals surface area (Å²) in [6, 6.07) is 4.14. The highest BCUT2D eigenvalue weighted by atomic mass is 14.9. The minimum absolute atomic E-state index is 0.508. The van der Waals surface area contributed by atoms with Gasteiger partial charge >= 0.3 is 0 Å². The van der Waals surface area contributed by atoms with Crippen molar-refractivity contribution in [3.63, 3.8) is 0 Å². The Hall–Kier alpha value is -1.43. The second-order valence-electron chi connectivity index (χ2n) is 4.04. The summed E-state index contributed by atoms with van der Waals surface area (Å²) in [4.78, 5) is 8.72. The van der Waals surface area contributed by atoms with Crippen LogP contribution in [0.4, 0.5) is 0 Å². The fourth-order valence-electron chi connectivity index (χ4n) is 2.15. The molecule has 1 fully saturated rings. The van der Waals surface area contributed by atoms with Crippen LogP contribution in [0.5, 0.6) is 0 Å². The van der Waals surface area contributed by atoms with Crippen molar-refractivity contribution < 1.29 is 0 Å². The first kappa shape index (κ1) is 10.1. The van der Waals surface area contributed by atoms with Crippen LogP contribution in [0.3, 0.4) is 0 Å². The van der Waals surface area contributed by atoms with Crippen LogP contribution < -0.4 is 0 Å². The van der Waals surface area contributed by atoms with Crippen LogP contribution in [0.2, 0.25) is 0 Å². The van der Waals surface area contributed by atoms with E-state index in [1.54, 1.807) is 0 Å². The van der Waals surface area contributed by atoms with E-state index in [9.17, 15) is 0 Å². The van der Waals surface area contributed by atoms with Crippen LogP contribution in [0.25, 0.3) is 0 Å². The first-order valence-corrected chi connectivity index (χ1v) is 5.59. The van der Waals surface area contributed by atoms with Gasteiger partial charge in [-0.3, -0.25) is 0 Å². The Balaban J connectivity index is 2.08. The Morgan fingerprint density at radius 3 is 2.93 bits per heavy atom. The van der Waals surface area contributed by atoms with Crippen LogP contribution >= 0.6 is 0 Å². The standard InChI is InChI=1S/C12H15N3/c13-8-3-6-12-14-9-7-11(15-12)10-4-1-2-5-10/h7,9-10H,1-6H2. The number of hydrogen-bond donors (Lipinski definition) is 0. The molecule has 0 amide bonds. The van der Waals surface area contributed by atoms with Crippen LogP contribution in [-0.2, 0) is 6.42 Å². The van der Waals surface area contributed by atoms with E-state index in [2.05, 4.69) is 16.0 Å². The zero-order valence-corrected chi connectivity index (χ0v) is 8.82. The number of aromatic nitrogens is 2. The molecule has 0 spiro atoms. The monoisotopic (exact) mass is 201 g/mol. The van der Waals surface area contributed by atoms with Crippen molar-refractivity contribution >= 4 is 0 Å². The van der Waals surface area contributed by atoms with Gasteiger partial charge in [-0.2, -0.15) is 5.26 Å². The molecular formula is C12H15N3. The second kappa shape index (κ2) is 4.88.